The first-order valence-electron chi connectivity index (χ1n) is 5.99. The third kappa shape index (κ3) is 5.47. The second kappa shape index (κ2) is 7.88. The number of carbonyl (C=O) groups excluding carboxylic acids is 3. The Morgan fingerprint density at radius 3 is 2.60 bits per heavy atom. The Bertz CT molecular complexity index is 505. The van der Waals surface area contributed by atoms with Gasteiger partial charge in [0.1, 0.15) is 5.82 Å². The van der Waals surface area contributed by atoms with Gasteiger partial charge < -0.3 is 10.1 Å². The molecule has 0 aliphatic rings. The van der Waals surface area contributed by atoms with E-state index in [-0.39, 0.29) is 12.0 Å². The van der Waals surface area contributed by atoms with E-state index in [2.05, 4.69) is 10.1 Å². The largest absolute Gasteiger partial charge is 0.455 e. The molecule has 0 bridgehead atoms. The second-order valence-electron chi connectivity index (χ2n) is 3.84. The van der Waals surface area contributed by atoms with Crippen LogP contribution in [0.15, 0.2) is 24.3 Å². The summed E-state index contributed by atoms with van der Waals surface area (Å²) in [4.78, 5) is 33.6. The number of rotatable bonds is 5. The number of ether oxygens (including phenoxy) is 1. The van der Waals surface area contributed by atoms with Crippen molar-refractivity contribution < 1.29 is 23.5 Å². The summed E-state index contributed by atoms with van der Waals surface area (Å²) >= 11 is 0. The van der Waals surface area contributed by atoms with Crippen LogP contribution in [0.1, 0.15) is 12.5 Å². The number of benzene rings is 1. The van der Waals surface area contributed by atoms with Gasteiger partial charge in [-0.3, -0.25) is 14.9 Å². The number of carbonyl (C=O) groups is 3. The second-order valence-corrected chi connectivity index (χ2v) is 3.84. The molecule has 0 saturated carbocycles. The molecule has 0 fully saturated rings. The molecule has 108 valence electrons. The molecule has 1 rings (SSSR count). The minimum absolute atomic E-state index is 0.182. The highest BCUT2D eigenvalue weighted by Crippen LogP contribution is 2.07. The number of amides is 3. The summed E-state index contributed by atoms with van der Waals surface area (Å²) in [7, 11) is 0. The average Bonchev–Trinajstić information content (AvgIpc) is 2.39. The number of esters is 1. The molecule has 0 heterocycles. The first-order chi connectivity index (χ1) is 9.52. The molecule has 20 heavy (non-hydrogen) atoms. The van der Waals surface area contributed by atoms with E-state index >= 15 is 0 Å². The van der Waals surface area contributed by atoms with E-state index in [0.717, 1.165) is 0 Å². The van der Waals surface area contributed by atoms with Gasteiger partial charge in [0.25, 0.3) is 5.91 Å². The minimum Gasteiger partial charge on any atom is -0.455 e. The van der Waals surface area contributed by atoms with Gasteiger partial charge in [0.05, 0.1) is 6.42 Å². The predicted molar refractivity (Wildman–Crippen MR) is 68.3 cm³/mol. The Labute approximate surface area is 115 Å². The van der Waals surface area contributed by atoms with E-state index in [1.807, 2.05) is 5.32 Å². The standard InChI is InChI=1S/C13H15FN2O4/c1-2-15-13(19)16-11(17)8-20-12(18)7-9-5-3-4-6-10(9)14/h3-6H,2,7-8H2,1H3,(H2,15,16,17,19). The lowest BCUT2D eigenvalue weighted by molar-refractivity contribution is -0.147. The molecule has 0 aliphatic heterocycles. The molecule has 7 heteroatoms. The maximum Gasteiger partial charge on any atom is 0.321 e. The van der Waals surface area contributed by atoms with E-state index in [1.54, 1.807) is 13.0 Å². The summed E-state index contributed by atoms with van der Waals surface area (Å²) in [6.45, 7) is 1.47. The third-order valence-electron chi connectivity index (χ3n) is 2.25. The first-order valence-corrected chi connectivity index (χ1v) is 5.99. The summed E-state index contributed by atoms with van der Waals surface area (Å²) in [6, 6.07) is 5.11. The molecule has 0 spiro atoms. The zero-order valence-electron chi connectivity index (χ0n) is 10.9. The van der Waals surface area contributed by atoms with Crippen molar-refractivity contribution in [1.82, 2.24) is 10.6 Å². The lowest BCUT2D eigenvalue weighted by atomic mass is 10.1. The van der Waals surface area contributed by atoms with Crippen molar-refractivity contribution in [3.63, 3.8) is 0 Å². The maximum absolute atomic E-state index is 13.3. The number of urea groups is 1. The van der Waals surface area contributed by atoms with Crippen LogP contribution in [0.3, 0.4) is 0 Å². The molecule has 0 unspecified atom stereocenters. The van der Waals surface area contributed by atoms with Crippen LogP contribution < -0.4 is 10.6 Å². The lowest BCUT2D eigenvalue weighted by Gasteiger charge is -2.06. The van der Waals surface area contributed by atoms with Crippen LogP contribution in [0.25, 0.3) is 0 Å². The Hall–Kier alpha value is -2.44. The predicted octanol–water partition coefficient (Wildman–Crippen LogP) is 0.757. The molecular formula is C13H15FN2O4. The van der Waals surface area contributed by atoms with Crippen LogP contribution in [-0.4, -0.2) is 31.1 Å². The van der Waals surface area contributed by atoms with Crippen molar-refractivity contribution >= 4 is 17.9 Å². The van der Waals surface area contributed by atoms with Gasteiger partial charge in [-0.1, -0.05) is 18.2 Å². The number of nitrogens with one attached hydrogen (secondary N) is 2. The van der Waals surface area contributed by atoms with Gasteiger partial charge in [0.2, 0.25) is 0 Å². The van der Waals surface area contributed by atoms with Crippen LogP contribution in [-0.2, 0) is 20.7 Å². The number of hydrogen-bond donors (Lipinski definition) is 2. The van der Waals surface area contributed by atoms with Crippen LogP contribution in [0.2, 0.25) is 0 Å². The molecule has 1 aromatic rings. The van der Waals surface area contributed by atoms with Crippen molar-refractivity contribution in [2.45, 2.75) is 13.3 Å². The Morgan fingerprint density at radius 1 is 1.25 bits per heavy atom. The normalized spacial score (nSPS) is 9.70. The molecule has 0 radical (unpaired) electrons. The lowest BCUT2D eigenvalue weighted by Crippen LogP contribution is -2.41. The van der Waals surface area contributed by atoms with Crippen molar-refractivity contribution in [3.8, 4) is 0 Å². The van der Waals surface area contributed by atoms with E-state index in [9.17, 15) is 18.8 Å². The summed E-state index contributed by atoms with van der Waals surface area (Å²) in [5.74, 6) is -2.02. The van der Waals surface area contributed by atoms with Crippen LogP contribution in [0, 0.1) is 5.82 Å². The molecule has 0 saturated heterocycles. The van der Waals surface area contributed by atoms with Crippen molar-refractivity contribution in [3.05, 3.63) is 35.6 Å². The average molecular weight is 282 g/mol. The number of hydrogen-bond acceptors (Lipinski definition) is 4. The quantitative estimate of drug-likeness (QED) is 0.781. The fourth-order valence-electron chi connectivity index (χ4n) is 1.36. The molecule has 2 N–H and O–H groups in total. The van der Waals surface area contributed by atoms with Gasteiger partial charge >= 0.3 is 12.0 Å². The van der Waals surface area contributed by atoms with Crippen molar-refractivity contribution in [2.75, 3.05) is 13.2 Å². The van der Waals surface area contributed by atoms with Crippen LogP contribution in [0.4, 0.5) is 9.18 Å². The van der Waals surface area contributed by atoms with Crippen molar-refractivity contribution in [2.24, 2.45) is 0 Å². The number of halogens is 1. The van der Waals surface area contributed by atoms with Gasteiger partial charge in [-0.05, 0) is 18.6 Å². The molecular weight excluding hydrogens is 267 g/mol. The van der Waals surface area contributed by atoms with Gasteiger partial charge in [-0.25, -0.2) is 9.18 Å². The van der Waals surface area contributed by atoms with E-state index in [4.69, 9.17) is 0 Å². The Morgan fingerprint density at radius 2 is 1.95 bits per heavy atom. The monoisotopic (exact) mass is 282 g/mol. The third-order valence-corrected chi connectivity index (χ3v) is 2.25. The zero-order chi connectivity index (χ0) is 15.0. The maximum atomic E-state index is 13.3. The molecule has 0 aliphatic carbocycles. The van der Waals surface area contributed by atoms with Gasteiger partial charge in [0, 0.05) is 6.54 Å². The molecule has 6 nitrogen and oxygen atoms in total. The fraction of sp³-hybridized carbons (Fsp3) is 0.308. The van der Waals surface area contributed by atoms with Crippen LogP contribution in [0.5, 0.6) is 0 Å². The van der Waals surface area contributed by atoms with Crippen molar-refractivity contribution in [1.29, 1.82) is 0 Å². The smallest absolute Gasteiger partial charge is 0.321 e. The van der Waals surface area contributed by atoms with Crippen LogP contribution >= 0.6 is 0 Å². The summed E-state index contributed by atoms with van der Waals surface area (Å²) in [5, 5.41) is 4.32. The number of imide groups is 1. The highest BCUT2D eigenvalue weighted by atomic mass is 19.1. The Kier molecular flexibility index (Phi) is 6.15. The summed E-state index contributed by atoms with van der Waals surface area (Å²) < 4.78 is 17.9. The Balaban J connectivity index is 2.35. The van der Waals surface area contributed by atoms with E-state index in [0.29, 0.717) is 6.54 Å². The molecule has 3 amide bonds. The molecule has 1 aromatic carbocycles. The topological polar surface area (TPSA) is 84.5 Å². The highest BCUT2D eigenvalue weighted by Gasteiger charge is 2.12. The van der Waals surface area contributed by atoms with E-state index in [1.165, 1.54) is 18.2 Å². The molecule has 0 atom stereocenters. The first kappa shape index (κ1) is 15.6. The van der Waals surface area contributed by atoms with Gasteiger partial charge in [-0.2, -0.15) is 0 Å². The summed E-state index contributed by atoms with van der Waals surface area (Å²) in [5.41, 5.74) is 0.182. The highest BCUT2D eigenvalue weighted by molar-refractivity contribution is 5.95. The minimum atomic E-state index is -0.752. The fourth-order valence-corrected chi connectivity index (χ4v) is 1.36. The summed E-state index contributed by atoms with van der Waals surface area (Å²) in [6.07, 6.45) is -0.277. The van der Waals surface area contributed by atoms with Gasteiger partial charge in [-0.15, -0.1) is 0 Å². The molecule has 0 aromatic heterocycles. The SMILES string of the molecule is CCNC(=O)NC(=O)COC(=O)Cc1ccccc1F. The van der Waals surface area contributed by atoms with E-state index < -0.39 is 30.3 Å². The van der Waals surface area contributed by atoms with Gasteiger partial charge in [0.15, 0.2) is 6.61 Å². The zero-order valence-corrected chi connectivity index (χ0v) is 10.9.